The van der Waals surface area contributed by atoms with Crippen LogP contribution in [0.3, 0.4) is 0 Å². The van der Waals surface area contributed by atoms with Crippen molar-refractivity contribution in [3.8, 4) is 0 Å². The smallest absolute Gasteiger partial charge is 0.222 e. The molecule has 0 bridgehead atoms. The molecule has 1 aliphatic rings. The van der Waals surface area contributed by atoms with E-state index in [0.29, 0.717) is 18.9 Å². The molecular formula is C12H19N3O. The standard InChI is InChI=1S/C12H19N3O/c1-4-11(16)15-6-5-9-10(7-15)13-14-12(9)8(2)3/h8H,4-7H2,1-3H3,(H,13,14). The van der Waals surface area contributed by atoms with Gasteiger partial charge >= 0.3 is 0 Å². The van der Waals surface area contributed by atoms with Gasteiger partial charge in [-0.2, -0.15) is 5.10 Å². The monoisotopic (exact) mass is 221 g/mol. The van der Waals surface area contributed by atoms with Gasteiger partial charge in [0.2, 0.25) is 5.91 Å². The van der Waals surface area contributed by atoms with E-state index in [9.17, 15) is 4.79 Å². The molecule has 0 aromatic carbocycles. The fourth-order valence-electron chi connectivity index (χ4n) is 2.26. The average molecular weight is 221 g/mol. The van der Waals surface area contributed by atoms with Crippen LogP contribution in [0.2, 0.25) is 0 Å². The van der Waals surface area contributed by atoms with Crippen LogP contribution < -0.4 is 0 Å². The summed E-state index contributed by atoms with van der Waals surface area (Å²) >= 11 is 0. The van der Waals surface area contributed by atoms with Gasteiger partial charge in [-0.25, -0.2) is 0 Å². The van der Waals surface area contributed by atoms with Crippen LogP contribution in [0.25, 0.3) is 0 Å². The van der Waals surface area contributed by atoms with Crippen molar-refractivity contribution in [3.05, 3.63) is 17.0 Å². The lowest BCUT2D eigenvalue weighted by molar-refractivity contribution is -0.131. The summed E-state index contributed by atoms with van der Waals surface area (Å²) in [6, 6.07) is 0. The molecule has 1 aromatic heterocycles. The summed E-state index contributed by atoms with van der Waals surface area (Å²) in [7, 11) is 0. The molecular weight excluding hydrogens is 202 g/mol. The van der Waals surface area contributed by atoms with Crippen LogP contribution in [0.15, 0.2) is 0 Å². The maximum absolute atomic E-state index is 11.6. The number of nitrogens with one attached hydrogen (secondary N) is 1. The maximum Gasteiger partial charge on any atom is 0.222 e. The molecule has 2 rings (SSSR count). The third-order valence-electron chi connectivity index (χ3n) is 3.17. The number of nitrogens with zero attached hydrogens (tertiary/aromatic N) is 2. The van der Waals surface area contributed by atoms with Crippen LogP contribution >= 0.6 is 0 Å². The summed E-state index contributed by atoms with van der Waals surface area (Å²) in [6.07, 6.45) is 1.52. The fourth-order valence-corrected chi connectivity index (χ4v) is 2.26. The molecule has 0 saturated heterocycles. The van der Waals surface area contributed by atoms with E-state index in [-0.39, 0.29) is 5.91 Å². The Hall–Kier alpha value is -1.32. The summed E-state index contributed by atoms with van der Waals surface area (Å²) in [4.78, 5) is 13.5. The van der Waals surface area contributed by atoms with Gasteiger partial charge in [0.05, 0.1) is 17.9 Å². The Kier molecular flexibility index (Phi) is 2.99. The normalized spacial score (nSPS) is 15.4. The van der Waals surface area contributed by atoms with Gasteiger partial charge in [-0.15, -0.1) is 0 Å². The first-order valence-electron chi connectivity index (χ1n) is 5.97. The van der Waals surface area contributed by atoms with Crippen molar-refractivity contribution in [2.75, 3.05) is 6.54 Å². The Morgan fingerprint density at radius 1 is 1.56 bits per heavy atom. The van der Waals surface area contributed by atoms with Crippen molar-refractivity contribution in [1.82, 2.24) is 15.1 Å². The SMILES string of the molecule is CCC(=O)N1CCc2c(C(C)C)n[nH]c2C1. The molecule has 2 heterocycles. The Balaban J connectivity index is 2.20. The third-order valence-corrected chi connectivity index (χ3v) is 3.17. The van der Waals surface area contributed by atoms with Crippen molar-refractivity contribution in [2.45, 2.75) is 46.1 Å². The number of carbonyl (C=O) groups excluding carboxylic acids is 1. The quantitative estimate of drug-likeness (QED) is 0.828. The van der Waals surface area contributed by atoms with E-state index in [2.05, 4.69) is 24.0 Å². The first-order valence-corrected chi connectivity index (χ1v) is 5.97. The first kappa shape index (κ1) is 11.2. The van der Waals surface area contributed by atoms with Crippen molar-refractivity contribution < 1.29 is 4.79 Å². The Morgan fingerprint density at radius 3 is 2.94 bits per heavy atom. The molecule has 16 heavy (non-hydrogen) atoms. The van der Waals surface area contributed by atoms with E-state index in [4.69, 9.17) is 0 Å². The average Bonchev–Trinajstić information content (AvgIpc) is 2.70. The van der Waals surface area contributed by atoms with Crippen LogP contribution in [0.4, 0.5) is 0 Å². The third kappa shape index (κ3) is 1.84. The number of aromatic amines is 1. The highest BCUT2D eigenvalue weighted by molar-refractivity contribution is 5.76. The molecule has 4 nitrogen and oxygen atoms in total. The number of rotatable bonds is 2. The number of amides is 1. The second kappa shape index (κ2) is 4.28. The number of hydrogen-bond acceptors (Lipinski definition) is 2. The molecule has 88 valence electrons. The lowest BCUT2D eigenvalue weighted by Gasteiger charge is -2.26. The molecule has 1 aliphatic heterocycles. The molecule has 0 spiro atoms. The van der Waals surface area contributed by atoms with E-state index in [1.807, 2.05) is 11.8 Å². The summed E-state index contributed by atoms with van der Waals surface area (Å²) in [6.45, 7) is 7.74. The molecule has 1 N–H and O–H groups in total. The van der Waals surface area contributed by atoms with Crippen LogP contribution in [0.1, 0.15) is 50.1 Å². The number of aromatic nitrogens is 2. The Labute approximate surface area is 96.0 Å². The second-order valence-corrected chi connectivity index (χ2v) is 4.64. The van der Waals surface area contributed by atoms with Crippen molar-refractivity contribution in [3.63, 3.8) is 0 Å². The highest BCUT2D eigenvalue weighted by atomic mass is 16.2. The molecule has 1 amide bonds. The molecule has 4 heteroatoms. The predicted octanol–water partition coefficient (Wildman–Crippen LogP) is 1.83. The van der Waals surface area contributed by atoms with Gasteiger partial charge in [0.1, 0.15) is 0 Å². The predicted molar refractivity (Wildman–Crippen MR) is 62.1 cm³/mol. The number of H-pyrrole nitrogens is 1. The Bertz CT molecular complexity index is 395. The molecule has 0 saturated carbocycles. The summed E-state index contributed by atoms with van der Waals surface area (Å²) in [5, 5.41) is 7.43. The molecule has 1 aromatic rings. The number of fused-ring (bicyclic) bond motifs is 1. The van der Waals surface area contributed by atoms with Gasteiger partial charge in [-0.1, -0.05) is 20.8 Å². The fraction of sp³-hybridized carbons (Fsp3) is 0.667. The van der Waals surface area contributed by atoms with Gasteiger partial charge < -0.3 is 4.90 Å². The first-order chi connectivity index (χ1) is 7.63. The van der Waals surface area contributed by atoms with E-state index in [1.54, 1.807) is 0 Å². The molecule has 0 radical (unpaired) electrons. The van der Waals surface area contributed by atoms with Gasteiger partial charge in [0.25, 0.3) is 0 Å². The lowest BCUT2D eigenvalue weighted by Crippen LogP contribution is -2.35. The van der Waals surface area contributed by atoms with Gasteiger partial charge in [-0.3, -0.25) is 9.89 Å². The number of carbonyl (C=O) groups is 1. The summed E-state index contributed by atoms with van der Waals surface area (Å²) in [5.41, 5.74) is 3.62. The van der Waals surface area contributed by atoms with Crippen molar-refractivity contribution in [2.24, 2.45) is 0 Å². The lowest BCUT2D eigenvalue weighted by atomic mass is 9.98. The zero-order valence-corrected chi connectivity index (χ0v) is 10.2. The highest BCUT2D eigenvalue weighted by Gasteiger charge is 2.24. The molecule has 0 unspecified atom stereocenters. The summed E-state index contributed by atoms with van der Waals surface area (Å²) in [5.74, 6) is 0.680. The van der Waals surface area contributed by atoms with Crippen molar-refractivity contribution >= 4 is 5.91 Å². The van der Waals surface area contributed by atoms with E-state index in [0.717, 1.165) is 18.7 Å². The second-order valence-electron chi connectivity index (χ2n) is 4.64. The largest absolute Gasteiger partial charge is 0.336 e. The van der Waals surface area contributed by atoms with Crippen molar-refractivity contribution in [1.29, 1.82) is 0 Å². The minimum atomic E-state index is 0.228. The minimum Gasteiger partial charge on any atom is -0.336 e. The van der Waals surface area contributed by atoms with Crippen LogP contribution in [0.5, 0.6) is 0 Å². The van der Waals surface area contributed by atoms with Crippen LogP contribution in [-0.2, 0) is 17.8 Å². The van der Waals surface area contributed by atoms with Gasteiger partial charge in [0.15, 0.2) is 0 Å². The molecule has 0 fully saturated rings. The van der Waals surface area contributed by atoms with Gasteiger partial charge in [-0.05, 0) is 12.3 Å². The molecule has 0 atom stereocenters. The topological polar surface area (TPSA) is 49.0 Å². The maximum atomic E-state index is 11.6. The zero-order valence-electron chi connectivity index (χ0n) is 10.2. The van der Waals surface area contributed by atoms with Crippen LogP contribution in [0, 0.1) is 0 Å². The minimum absolute atomic E-state index is 0.228. The molecule has 0 aliphatic carbocycles. The number of hydrogen-bond donors (Lipinski definition) is 1. The Morgan fingerprint density at radius 2 is 2.31 bits per heavy atom. The van der Waals surface area contributed by atoms with E-state index >= 15 is 0 Å². The van der Waals surface area contributed by atoms with Gasteiger partial charge in [0, 0.05) is 18.5 Å². The van der Waals surface area contributed by atoms with E-state index in [1.165, 1.54) is 11.3 Å². The van der Waals surface area contributed by atoms with E-state index < -0.39 is 0 Å². The summed E-state index contributed by atoms with van der Waals surface area (Å²) < 4.78 is 0. The van der Waals surface area contributed by atoms with Crippen LogP contribution in [-0.4, -0.2) is 27.5 Å². The highest BCUT2D eigenvalue weighted by Crippen LogP contribution is 2.25. The zero-order chi connectivity index (χ0) is 11.7.